The van der Waals surface area contributed by atoms with Crippen LogP contribution in [0, 0.1) is 5.41 Å². The first-order valence-electron chi connectivity index (χ1n) is 6.40. The first-order valence-corrected chi connectivity index (χ1v) is 6.40. The van der Waals surface area contributed by atoms with Crippen LogP contribution in [0.3, 0.4) is 0 Å². The van der Waals surface area contributed by atoms with Crippen LogP contribution in [0.1, 0.15) is 24.8 Å². The lowest BCUT2D eigenvalue weighted by Gasteiger charge is -2.09. The van der Waals surface area contributed by atoms with E-state index < -0.39 is 0 Å². The van der Waals surface area contributed by atoms with Gasteiger partial charge in [0, 0.05) is 5.41 Å². The van der Waals surface area contributed by atoms with Gasteiger partial charge in [0.1, 0.15) is 0 Å². The minimum Gasteiger partial charge on any atom is -0.489 e. The lowest BCUT2D eigenvalue weighted by molar-refractivity contribution is 0.197. The second-order valence-electron chi connectivity index (χ2n) is 5.25. The highest BCUT2D eigenvalue weighted by atomic mass is 16.5. The summed E-state index contributed by atoms with van der Waals surface area (Å²) in [6.45, 7) is 2.35. The summed E-state index contributed by atoms with van der Waals surface area (Å²) in [5, 5.41) is 0. The van der Waals surface area contributed by atoms with Crippen molar-refractivity contribution in [3.63, 3.8) is 0 Å². The standard InChI is InChI=1S/C14H19NO2/c15-7-1-2-11-3-4-12-13(8-11)17-10-14(5-6-14)9-16-12/h3-4,8H,1-2,5-7,9-10,15H2. The van der Waals surface area contributed by atoms with Crippen LogP contribution >= 0.6 is 0 Å². The van der Waals surface area contributed by atoms with Crippen molar-refractivity contribution in [3.05, 3.63) is 23.8 Å². The summed E-state index contributed by atoms with van der Waals surface area (Å²) in [4.78, 5) is 0. The summed E-state index contributed by atoms with van der Waals surface area (Å²) in [6, 6.07) is 6.25. The van der Waals surface area contributed by atoms with Crippen LogP contribution in [-0.4, -0.2) is 19.8 Å². The number of fused-ring (bicyclic) bond motifs is 1. The van der Waals surface area contributed by atoms with Crippen LogP contribution in [0.5, 0.6) is 11.5 Å². The van der Waals surface area contributed by atoms with Crippen molar-refractivity contribution in [1.82, 2.24) is 0 Å². The highest BCUT2D eigenvalue weighted by Gasteiger charge is 2.46. The summed E-state index contributed by atoms with van der Waals surface area (Å²) in [6.07, 6.45) is 4.50. The van der Waals surface area contributed by atoms with Crippen molar-refractivity contribution < 1.29 is 9.47 Å². The van der Waals surface area contributed by atoms with Crippen molar-refractivity contribution >= 4 is 0 Å². The predicted molar refractivity (Wildman–Crippen MR) is 66.5 cm³/mol. The molecule has 17 heavy (non-hydrogen) atoms. The van der Waals surface area contributed by atoms with Crippen molar-refractivity contribution in [2.24, 2.45) is 11.1 Å². The Morgan fingerprint density at radius 2 is 1.88 bits per heavy atom. The van der Waals surface area contributed by atoms with E-state index in [9.17, 15) is 0 Å². The molecule has 0 aromatic heterocycles. The van der Waals surface area contributed by atoms with Crippen molar-refractivity contribution in [3.8, 4) is 11.5 Å². The van der Waals surface area contributed by atoms with Crippen LogP contribution < -0.4 is 15.2 Å². The SMILES string of the molecule is NCCCc1ccc2c(c1)OCC1(CC1)CO2. The number of nitrogens with two attached hydrogens (primary N) is 1. The fraction of sp³-hybridized carbons (Fsp3) is 0.571. The highest BCUT2D eigenvalue weighted by Crippen LogP contribution is 2.49. The van der Waals surface area contributed by atoms with E-state index in [2.05, 4.69) is 12.1 Å². The zero-order valence-corrected chi connectivity index (χ0v) is 10.1. The molecule has 1 aromatic carbocycles. The molecule has 1 aromatic rings. The van der Waals surface area contributed by atoms with E-state index in [4.69, 9.17) is 15.2 Å². The molecule has 3 heteroatoms. The molecule has 1 saturated carbocycles. The Balaban J connectivity index is 1.76. The average Bonchev–Trinajstić information content (AvgIpc) is 3.15. The van der Waals surface area contributed by atoms with Gasteiger partial charge in [0.05, 0.1) is 13.2 Å². The Labute approximate surface area is 102 Å². The van der Waals surface area contributed by atoms with Gasteiger partial charge in [-0.05, 0) is 49.9 Å². The maximum atomic E-state index is 5.89. The van der Waals surface area contributed by atoms with E-state index in [1.54, 1.807) is 0 Å². The molecule has 92 valence electrons. The quantitative estimate of drug-likeness (QED) is 0.869. The van der Waals surface area contributed by atoms with Crippen LogP contribution in [0.15, 0.2) is 18.2 Å². The Bertz CT molecular complexity index is 413. The number of aryl methyl sites for hydroxylation is 1. The summed E-state index contributed by atoms with van der Waals surface area (Å²) in [5.41, 5.74) is 7.12. The molecule has 1 aliphatic carbocycles. The highest BCUT2D eigenvalue weighted by molar-refractivity contribution is 5.43. The lowest BCUT2D eigenvalue weighted by Crippen LogP contribution is -2.17. The van der Waals surface area contributed by atoms with Gasteiger partial charge in [-0.15, -0.1) is 0 Å². The van der Waals surface area contributed by atoms with Gasteiger partial charge in [-0.3, -0.25) is 0 Å². The Hall–Kier alpha value is -1.22. The molecule has 2 aliphatic rings. The van der Waals surface area contributed by atoms with Crippen LogP contribution in [-0.2, 0) is 6.42 Å². The van der Waals surface area contributed by atoms with Gasteiger partial charge in [-0.1, -0.05) is 6.07 Å². The first kappa shape index (κ1) is 10.9. The second kappa shape index (κ2) is 4.22. The molecule has 1 heterocycles. The van der Waals surface area contributed by atoms with E-state index in [0.717, 1.165) is 44.1 Å². The van der Waals surface area contributed by atoms with E-state index in [-0.39, 0.29) is 0 Å². The molecule has 3 nitrogen and oxygen atoms in total. The van der Waals surface area contributed by atoms with Gasteiger partial charge in [0.2, 0.25) is 0 Å². The minimum absolute atomic E-state index is 0.316. The van der Waals surface area contributed by atoms with Crippen molar-refractivity contribution in [1.29, 1.82) is 0 Å². The maximum Gasteiger partial charge on any atom is 0.161 e. The smallest absolute Gasteiger partial charge is 0.161 e. The molecule has 0 saturated heterocycles. The van der Waals surface area contributed by atoms with E-state index >= 15 is 0 Å². The molecule has 3 rings (SSSR count). The van der Waals surface area contributed by atoms with Gasteiger partial charge >= 0.3 is 0 Å². The number of rotatable bonds is 3. The van der Waals surface area contributed by atoms with Crippen LogP contribution in [0.4, 0.5) is 0 Å². The molecular formula is C14H19NO2. The molecular weight excluding hydrogens is 214 g/mol. The Morgan fingerprint density at radius 3 is 2.59 bits per heavy atom. The predicted octanol–water partition coefficient (Wildman–Crippen LogP) is 2.13. The molecule has 1 fully saturated rings. The Morgan fingerprint density at radius 1 is 1.12 bits per heavy atom. The Kier molecular flexibility index (Phi) is 2.71. The summed E-state index contributed by atoms with van der Waals surface area (Å²) >= 11 is 0. The van der Waals surface area contributed by atoms with Crippen LogP contribution in [0.2, 0.25) is 0 Å². The maximum absolute atomic E-state index is 5.89. The molecule has 0 amide bonds. The van der Waals surface area contributed by atoms with Gasteiger partial charge < -0.3 is 15.2 Å². The third-order valence-corrected chi connectivity index (χ3v) is 3.70. The van der Waals surface area contributed by atoms with E-state index in [0.29, 0.717) is 5.41 Å². The number of ether oxygens (including phenoxy) is 2. The lowest BCUT2D eigenvalue weighted by atomic mass is 10.1. The zero-order valence-electron chi connectivity index (χ0n) is 10.1. The molecule has 1 aliphatic heterocycles. The number of benzene rings is 1. The monoisotopic (exact) mass is 233 g/mol. The second-order valence-corrected chi connectivity index (χ2v) is 5.25. The number of hydrogen-bond acceptors (Lipinski definition) is 3. The number of hydrogen-bond donors (Lipinski definition) is 1. The van der Waals surface area contributed by atoms with Crippen molar-refractivity contribution in [2.45, 2.75) is 25.7 Å². The summed E-state index contributed by atoms with van der Waals surface area (Å²) in [7, 11) is 0. The third kappa shape index (κ3) is 2.25. The van der Waals surface area contributed by atoms with E-state index in [1.165, 1.54) is 18.4 Å². The molecule has 1 spiro atoms. The van der Waals surface area contributed by atoms with Gasteiger partial charge in [-0.25, -0.2) is 0 Å². The molecule has 2 N–H and O–H groups in total. The topological polar surface area (TPSA) is 44.5 Å². The average molecular weight is 233 g/mol. The fourth-order valence-corrected chi connectivity index (χ4v) is 2.22. The van der Waals surface area contributed by atoms with Gasteiger partial charge in [0.25, 0.3) is 0 Å². The third-order valence-electron chi connectivity index (χ3n) is 3.70. The minimum atomic E-state index is 0.316. The normalized spacial score (nSPS) is 20.1. The van der Waals surface area contributed by atoms with Crippen molar-refractivity contribution in [2.75, 3.05) is 19.8 Å². The van der Waals surface area contributed by atoms with Gasteiger partial charge in [-0.2, -0.15) is 0 Å². The first-order chi connectivity index (χ1) is 8.31. The summed E-state index contributed by atoms with van der Waals surface area (Å²) < 4.78 is 11.7. The summed E-state index contributed by atoms with van der Waals surface area (Å²) in [5.74, 6) is 1.80. The van der Waals surface area contributed by atoms with Crippen LogP contribution in [0.25, 0.3) is 0 Å². The molecule has 0 atom stereocenters. The van der Waals surface area contributed by atoms with E-state index in [1.807, 2.05) is 6.07 Å². The molecule has 0 bridgehead atoms. The largest absolute Gasteiger partial charge is 0.489 e. The molecule has 0 radical (unpaired) electrons. The molecule has 0 unspecified atom stereocenters. The van der Waals surface area contributed by atoms with Gasteiger partial charge in [0.15, 0.2) is 11.5 Å². The zero-order chi connectivity index (χ0) is 11.7. The fourth-order valence-electron chi connectivity index (χ4n) is 2.22.